The fourth-order valence-electron chi connectivity index (χ4n) is 3.58. The first-order valence-corrected chi connectivity index (χ1v) is 9.18. The third kappa shape index (κ3) is 3.25. The summed E-state index contributed by atoms with van der Waals surface area (Å²) in [5.41, 5.74) is -2.04. The molecule has 1 aliphatic heterocycles. The number of unbranched alkanes of at least 4 members (excludes halogenated alkanes) is 1. The van der Waals surface area contributed by atoms with Gasteiger partial charge in [0.2, 0.25) is 0 Å². The van der Waals surface area contributed by atoms with Crippen molar-refractivity contribution in [1.29, 1.82) is 10.5 Å². The SMILES string of the molecule is CCC(C)(C#N)C(C#N)(CCCCN1C(=O)c2ccccc2C1=O)C(=O)OC. The zero-order valence-electron chi connectivity index (χ0n) is 16.3. The van der Waals surface area contributed by atoms with Crippen LogP contribution in [0.25, 0.3) is 0 Å². The highest BCUT2D eigenvalue weighted by Crippen LogP contribution is 2.46. The second-order valence-corrected chi connectivity index (χ2v) is 7.07. The Bertz CT molecular complexity index is 847. The van der Waals surface area contributed by atoms with E-state index in [1.54, 1.807) is 38.1 Å². The van der Waals surface area contributed by atoms with Crippen LogP contribution in [0.15, 0.2) is 24.3 Å². The highest BCUT2D eigenvalue weighted by atomic mass is 16.5. The summed E-state index contributed by atoms with van der Waals surface area (Å²) in [5, 5.41) is 19.4. The lowest BCUT2D eigenvalue weighted by atomic mass is 9.62. The van der Waals surface area contributed by atoms with E-state index in [1.165, 1.54) is 12.0 Å². The Balaban J connectivity index is 2.09. The zero-order valence-corrected chi connectivity index (χ0v) is 16.3. The van der Waals surface area contributed by atoms with Crippen LogP contribution in [0.4, 0.5) is 0 Å². The largest absolute Gasteiger partial charge is 0.468 e. The van der Waals surface area contributed by atoms with Crippen LogP contribution >= 0.6 is 0 Å². The number of methoxy groups -OCH3 is 1. The Morgan fingerprint density at radius 3 is 2.11 bits per heavy atom. The molecule has 0 N–H and O–H groups in total. The number of hydrogen-bond acceptors (Lipinski definition) is 6. The van der Waals surface area contributed by atoms with Crippen LogP contribution in [0.2, 0.25) is 0 Å². The standard InChI is InChI=1S/C21H23N3O4/c1-4-20(2,13-22)21(14-23,19(27)28-3)11-7-8-12-24-17(25)15-9-5-6-10-16(15)18(24)26/h5-6,9-10H,4,7-8,11-12H2,1-3H3. The fourth-order valence-corrected chi connectivity index (χ4v) is 3.58. The number of nitriles is 2. The molecule has 1 aliphatic rings. The molecule has 2 rings (SSSR count). The van der Waals surface area contributed by atoms with Crippen LogP contribution in [0.1, 0.15) is 60.2 Å². The van der Waals surface area contributed by atoms with Crippen LogP contribution in [-0.4, -0.2) is 36.3 Å². The Kier molecular flexibility index (Phi) is 6.20. The van der Waals surface area contributed by atoms with E-state index in [9.17, 15) is 24.9 Å². The van der Waals surface area contributed by atoms with Gasteiger partial charge in [-0.05, 0) is 44.7 Å². The molecule has 7 nitrogen and oxygen atoms in total. The molecule has 28 heavy (non-hydrogen) atoms. The highest BCUT2D eigenvalue weighted by Gasteiger charge is 2.54. The third-order valence-corrected chi connectivity index (χ3v) is 5.68. The van der Waals surface area contributed by atoms with Crippen LogP contribution < -0.4 is 0 Å². The van der Waals surface area contributed by atoms with Crippen molar-refractivity contribution in [2.75, 3.05) is 13.7 Å². The molecular weight excluding hydrogens is 358 g/mol. The van der Waals surface area contributed by atoms with Gasteiger partial charge in [-0.25, -0.2) is 0 Å². The maximum absolute atomic E-state index is 12.4. The molecule has 0 aliphatic carbocycles. The number of imide groups is 1. The number of carbonyl (C=O) groups is 3. The van der Waals surface area contributed by atoms with Crippen molar-refractivity contribution in [2.24, 2.45) is 10.8 Å². The second-order valence-electron chi connectivity index (χ2n) is 7.07. The molecule has 1 aromatic carbocycles. The van der Waals surface area contributed by atoms with Crippen molar-refractivity contribution in [2.45, 2.75) is 39.5 Å². The Hall–Kier alpha value is -3.19. The summed E-state index contributed by atoms with van der Waals surface area (Å²) in [6, 6.07) is 10.8. The van der Waals surface area contributed by atoms with E-state index in [-0.39, 0.29) is 24.8 Å². The van der Waals surface area contributed by atoms with Gasteiger partial charge in [0.25, 0.3) is 11.8 Å². The van der Waals surface area contributed by atoms with Crippen molar-refractivity contribution in [3.05, 3.63) is 35.4 Å². The van der Waals surface area contributed by atoms with E-state index in [4.69, 9.17) is 4.74 Å². The van der Waals surface area contributed by atoms with Crippen molar-refractivity contribution < 1.29 is 19.1 Å². The number of hydrogen-bond donors (Lipinski definition) is 0. The summed E-state index contributed by atoms with van der Waals surface area (Å²) in [6.45, 7) is 3.51. The van der Waals surface area contributed by atoms with E-state index in [1.807, 2.05) is 6.07 Å². The average molecular weight is 381 g/mol. The Morgan fingerprint density at radius 2 is 1.68 bits per heavy atom. The molecular formula is C21H23N3O4. The van der Waals surface area contributed by atoms with Gasteiger partial charge in [0.1, 0.15) is 0 Å². The molecule has 146 valence electrons. The summed E-state index contributed by atoms with van der Waals surface area (Å²) in [4.78, 5) is 38.4. The summed E-state index contributed by atoms with van der Waals surface area (Å²) < 4.78 is 4.83. The Labute approximate surface area is 164 Å². The number of rotatable bonds is 8. The quantitative estimate of drug-likeness (QED) is 0.389. The predicted molar refractivity (Wildman–Crippen MR) is 99.7 cm³/mol. The van der Waals surface area contributed by atoms with Gasteiger partial charge in [-0.1, -0.05) is 19.1 Å². The van der Waals surface area contributed by atoms with Gasteiger partial charge >= 0.3 is 5.97 Å². The second kappa shape index (κ2) is 8.22. The lowest BCUT2D eigenvalue weighted by Crippen LogP contribution is -2.45. The van der Waals surface area contributed by atoms with E-state index in [0.29, 0.717) is 30.4 Å². The van der Waals surface area contributed by atoms with E-state index in [2.05, 4.69) is 6.07 Å². The molecule has 7 heteroatoms. The van der Waals surface area contributed by atoms with Gasteiger partial charge in [0.05, 0.1) is 35.8 Å². The molecule has 0 bridgehead atoms. The molecule has 2 unspecified atom stereocenters. The normalized spacial score (nSPS) is 17.1. The topological polar surface area (TPSA) is 111 Å². The minimum Gasteiger partial charge on any atom is -0.468 e. The number of esters is 1. The number of amides is 2. The first-order valence-electron chi connectivity index (χ1n) is 9.18. The molecule has 2 amide bonds. The average Bonchev–Trinajstić information content (AvgIpc) is 2.97. The summed E-state index contributed by atoms with van der Waals surface area (Å²) in [7, 11) is 1.20. The smallest absolute Gasteiger partial charge is 0.327 e. The first-order chi connectivity index (χ1) is 13.3. The highest BCUT2D eigenvalue weighted by molar-refractivity contribution is 6.21. The van der Waals surface area contributed by atoms with Gasteiger partial charge in [0, 0.05) is 6.54 Å². The molecule has 1 heterocycles. The number of ether oxygens (including phenoxy) is 1. The van der Waals surface area contributed by atoms with Gasteiger partial charge in [-0.3, -0.25) is 19.3 Å². The maximum atomic E-state index is 12.4. The lowest BCUT2D eigenvalue weighted by Gasteiger charge is -2.36. The van der Waals surface area contributed by atoms with Crippen LogP contribution in [-0.2, 0) is 9.53 Å². The molecule has 1 aromatic rings. The van der Waals surface area contributed by atoms with Gasteiger partial charge in [-0.2, -0.15) is 10.5 Å². The van der Waals surface area contributed by atoms with E-state index >= 15 is 0 Å². The molecule has 0 saturated heterocycles. The van der Waals surface area contributed by atoms with Crippen molar-refractivity contribution >= 4 is 17.8 Å². The predicted octanol–water partition coefficient (Wildman–Crippen LogP) is 3.08. The van der Waals surface area contributed by atoms with Crippen molar-refractivity contribution in [3.8, 4) is 12.1 Å². The molecule has 0 radical (unpaired) electrons. The first kappa shape index (κ1) is 21.1. The number of carbonyl (C=O) groups excluding carboxylic acids is 3. The minimum atomic E-state index is -1.60. The van der Waals surface area contributed by atoms with E-state index < -0.39 is 16.8 Å². The molecule has 0 fully saturated rings. The van der Waals surface area contributed by atoms with Crippen LogP contribution in [0.5, 0.6) is 0 Å². The fraction of sp³-hybridized carbons (Fsp3) is 0.476. The third-order valence-electron chi connectivity index (χ3n) is 5.68. The lowest BCUT2D eigenvalue weighted by molar-refractivity contribution is -0.155. The number of fused-ring (bicyclic) bond motifs is 1. The molecule has 0 aromatic heterocycles. The molecule has 2 atom stereocenters. The minimum absolute atomic E-state index is 0.108. The monoisotopic (exact) mass is 381 g/mol. The summed E-state index contributed by atoms with van der Waals surface area (Å²) in [6.07, 6.45) is 1.21. The summed E-state index contributed by atoms with van der Waals surface area (Å²) in [5.74, 6) is -1.41. The number of benzene rings is 1. The van der Waals surface area contributed by atoms with Crippen molar-refractivity contribution in [3.63, 3.8) is 0 Å². The Morgan fingerprint density at radius 1 is 1.11 bits per heavy atom. The van der Waals surface area contributed by atoms with Crippen molar-refractivity contribution in [1.82, 2.24) is 4.90 Å². The number of nitrogens with zero attached hydrogens (tertiary/aromatic N) is 3. The van der Waals surface area contributed by atoms with Gasteiger partial charge in [0.15, 0.2) is 5.41 Å². The zero-order chi connectivity index (χ0) is 20.9. The van der Waals surface area contributed by atoms with Gasteiger partial charge in [-0.15, -0.1) is 0 Å². The summed E-state index contributed by atoms with van der Waals surface area (Å²) >= 11 is 0. The van der Waals surface area contributed by atoms with Crippen LogP contribution in [0, 0.1) is 33.5 Å². The van der Waals surface area contributed by atoms with Crippen LogP contribution in [0.3, 0.4) is 0 Å². The maximum Gasteiger partial charge on any atom is 0.327 e. The van der Waals surface area contributed by atoms with E-state index in [0.717, 1.165) is 0 Å². The molecule has 0 saturated carbocycles. The molecule has 0 spiro atoms. The van der Waals surface area contributed by atoms with Gasteiger partial charge < -0.3 is 4.74 Å².